The standard InChI is InChI=1S/C12H16ClN3OS/c1-8(2)5-9-7-17-4-3-16(9)12-10(6-14)11(13)15-18-12/h8-9H,3-5,7H2,1-2H3. The summed E-state index contributed by atoms with van der Waals surface area (Å²) in [5.41, 5.74) is 0.498. The van der Waals surface area contributed by atoms with E-state index in [0.29, 0.717) is 35.9 Å². The molecule has 0 radical (unpaired) electrons. The summed E-state index contributed by atoms with van der Waals surface area (Å²) in [6.07, 6.45) is 1.04. The number of nitrogens with zero attached hydrogens (tertiary/aromatic N) is 3. The van der Waals surface area contributed by atoms with Crippen LogP contribution in [0.3, 0.4) is 0 Å². The van der Waals surface area contributed by atoms with Crippen molar-refractivity contribution in [1.29, 1.82) is 5.26 Å². The molecule has 1 fully saturated rings. The third-order valence-electron chi connectivity index (χ3n) is 2.98. The minimum absolute atomic E-state index is 0.308. The minimum atomic E-state index is 0.308. The summed E-state index contributed by atoms with van der Waals surface area (Å²) in [6.45, 7) is 6.58. The molecule has 0 saturated carbocycles. The van der Waals surface area contributed by atoms with Gasteiger partial charge in [0.2, 0.25) is 0 Å². The number of halogens is 1. The highest BCUT2D eigenvalue weighted by Gasteiger charge is 2.28. The molecule has 1 aliphatic heterocycles. The molecule has 1 unspecified atom stereocenters. The van der Waals surface area contributed by atoms with Crippen molar-refractivity contribution in [2.75, 3.05) is 24.7 Å². The predicted molar refractivity (Wildman–Crippen MR) is 73.2 cm³/mol. The molecule has 1 aromatic rings. The lowest BCUT2D eigenvalue weighted by atomic mass is 10.0. The molecule has 2 rings (SSSR count). The van der Waals surface area contributed by atoms with Crippen LogP contribution in [0, 0.1) is 17.2 Å². The fourth-order valence-corrected chi connectivity index (χ4v) is 3.34. The van der Waals surface area contributed by atoms with Gasteiger partial charge in [-0.3, -0.25) is 0 Å². The lowest BCUT2D eigenvalue weighted by Gasteiger charge is -2.37. The summed E-state index contributed by atoms with van der Waals surface area (Å²) in [6, 6.07) is 2.46. The van der Waals surface area contributed by atoms with Gasteiger partial charge in [-0.2, -0.15) is 9.64 Å². The molecule has 2 heterocycles. The molecule has 6 heteroatoms. The fourth-order valence-electron chi connectivity index (χ4n) is 2.21. The van der Waals surface area contributed by atoms with Crippen molar-refractivity contribution in [2.45, 2.75) is 26.3 Å². The highest BCUT2D eigenvalue weighted by atomic mass is 35.5. The first-order valence-corrected chi connectivity index (χ1v) is 7.18. The Balaban J connectivity index is 2.25. The lowest BCUT2D eigenvalue weighted by Crippen LogP contribution is -2.46. The topological polar surface area (TPSA) is 49.1 Å². The molecule has 98 valence electrons. The van der Waals surface area contributed by atoms with Crippen LogP contribution in [0.25, 0.3) is 0 Å². The van der Waals surface area contributed by atoms with Gasteiger partial charge in [0.05, 0.1) is 19.3 Å². The summed E-state index contributed by atoms with van der Waals surface area (Å²) in [5.74, 6) is 0.591. The van der Waals surface area contributed by atoms with Crippen LogP contribution in [-0.4, -0.2) is 30.2 Å². The summed E-state index contributed by atoms with van der Waals surface area (Å²) in [4.78, 5) is 2.23. The summed E-state index contributed by atoms with van der Waals surface area (Å²) in [5, 5.41) is 10.4. The SMILES string of the molecule is CC(C)CC1COCCN1c1snc(Cl)c1C#N. The zero-order valence-corrected chi connectivity index (χ0v) is 12.1. The molecular weight excluding hydrogens is 270 g/mol. The zero-order valence-electron chi connectivity index (χ0n) is 10.5. The Labute approximate surface area is 116 Å². The summed E-state index contributed by atoms with van der Waals surface area (Å²) in [7, 11) is 0. The highest BCUT2D eigenvalue weighted by molar-refractivity contribution is 7.10. The van der Waals surface area contributed by atoms with Gasteiger partial charge < -0.3 is 9.64 Å². The van der Waals surface area contributed by atoms with E-state index in [1.54, 1.807) is 0 Å². The maximum atomic E-state index is 9.16. The molecule has 1 atom stereocenters. The lowest BCUT2D eigenvalue weighted by molar-refractivity contribution is 0.0881. The van der Waals surface area contributed by atoms with E-state index in [2.05, 4.69) is 29.2 Å². The van der Waals surface area contributed by atoms with Gasteiger partial charge in [-0.15, -0.1) is 0 Å². The molecule has 1 aromatic heterocycles. The van der Waals surface area contributed by atoms with Crippen molar-refractivity contribution in [2.24, 2.45) is 5.92 Å². The highest BCUT2D eigenvalue weighted by Crippen LogP contribution is 2.34. The molecule has 0 bridgehead atoms. The van der Waals surface area contributed by atoms with Crippen molar-refractivity contribution in [3.8, 4) is 6.07 Å². The van der Waals surface area contributed by atoms with Crippen molar-refractivity contribution in [3.05, 3.63) is 10.7 Å². The van der Waals surface area contributed by atoms with Crippen LogP contribution in [-0.2, 0) is 4.74 Å². The van der Waals surface area contributed by atoms with Crippen LogP contribution in [0.5, 0.6) is 0 Å². The largest absolute Gasteiger partial charge is 0.377 e. The first-order chi connectivity index (χ1) is 8.63. The molecule has 1 saturated heterocycles. The Morgan fingerprint density at radius 2 is 2.44 bits per heavy atom. The third kappa shape index (κ3) is 2.77. The van der Waals surface area contributed by atoms with E-state index < -0.39 is 0 Å². The van der Waals surface area contributed by atoms with Crippen LogP contribution in [0.1, 0.15) is 25.8 Å². The zero-order chi connectivity index (χ0) is 13.1. The first kappa shape index (κ1) is 13.6. The molecule has 4 nitrogen and oxygen atoms in total. The van der Waals surface area contributed by atoms with Crippen LogP contribution in [0.4, 0.5) is 5.00 Å². The molecule has 0 aliphatic carbocycles. The van der Waals surface area contributed by atoms with E-state index in [1.165, 1.54) is 11.5 Å². The summed E-state index contributed by atoms with van der Waals surface area (Å²) >= 11 is 7.24. The number of rotatable bonds is 3. The minimum Gasteiger partial charge on any atom is -0.377 e. The van der Waals surface area contributed by atoms with Gasteiger partial charge in [0.15, 0.2) is 5.15 Å². The van der Waals surface area contributed by atoms with Crippen LogP contribution < -0.4 is 4.90 Å². The molecule has 0 aromatic carbocycles. The van der Waals surface area contributed by atoms with Gasteiger partial charge in [0.1, 0.15) is 16.6 Å². The average molecular weight is 286 g/mol. The Hall–Kier alpha value is -0.830. The Morgan fingerprint density at radius 3 is 3.11 bits per heavy atom. The second-order valence-corrected chi connectivity index (χ2v) is 5.93. The van der Waals surface area contributed by atoms with Crippen LogP contribution >= 0.6 is 23.1 Å². The Bertz CT molecular complexity index is 455. The Morgan fingerprint density at radius 1 is 1.67 bits per heavy atom. The van der Waals surface area contributed by atoms with E-state index in [9.17, 15) is 0 Å². The molecule has 0 spiro atoms. The third-order valence-corrected chi connectivity index (χ3v) is 4.24. The molecular formula is C12H16ClN3OS. The molecule has 18 heavy (non-hydrogen) atoms. The number of aromatic nitrogens is 1. The first-order valence-electron chi connectivity index (χ1n) is 6.03. The van der Waals surface area contributed by atoms with E-state index in [1.807, 2.05) is 0 Å². The molecule has 1 aliphatic rings. The predicted octanol–water partition coefficient (Wildman–Crippen LogP) is 2.92. The van der Waals surface area contributed by atoms with E-state index in [0.717, 1.165) is 18.0 Å². The number of hydrogen-bond donors (Lipinski definition) is 0. The van der Waals surface area contributed by atoms with Gasteiger partial charge in [0.25, 0.3) is 0 Å². The van der Waals surface area contributed by atoms with Crippen molar-refractivity contribution >= 4 is 28.1 Å². The van der Waals surface area contributed by atoms with Crippen molar-refractivity contribution in [3.63, 3.8) is 0 Å². The fraction of sp³-hybridized carbons (Fsp3) is 0.667. The maximum Gasteiger partial charge on any atom is 0.162 e. The second-order valence-electron chi connectivity index (χ2n) is 4.82. The number of hydrogen-bond acceptors (Lipinski definition) is 5. The van der Waals surface area contributed by atoms with E-state index >= 15 is 0 Å². The number of ether oxygens (including phenoxy) is 1. The van der Waals surface area contributed by atoms with Crippen molar-refractivity contribution in [1.82, 2.24) is 4.37 Å². The number of nitriles is 1. The van der Waals surface area contributed by atoms with Gasteiger partial charge in [0, 0.05) is 6.54 Å². The monoisotopic (exact) mass is 285 g/mol. The summed E-state index contributed by atoms with van der Waals surface area (Å²) < 4.78 is 9.62. The Kier molecular flexibility index (Phi) is 4.44. The molecule has 0 N–H and O–H groups in total. The smallest absolute Gasteiger partial charge is 0.162 e. The van der Waals surface area contributed by atoms with Gasteiger partial charge >= 0.3 is 0 Å². The van der Waals surface area contributed by atoms with Gasteiger partial charge in [-0.1, -0.05) is 25.4 Å². The van der Waals surface area contributed by atoms with Gasteiger partial charge in [-0.25, -0.2) is 0 Å². The van der Waals surface area contributed by atoms with Crippen LogP contribution in [0.15, 0.2) is 0 Å². The van der Waals surface area contributed by atoms with E-state index in [-0.39, 0.29) is 0 Å². The van der Waals surface area contributed by atoms with Crippen molar-refractivity contribution < 1.29 is 4.74 Å². The second kappa shape index (κ2) is 5.87. The number of anilines is 1. The molecule has 0 amide bonds. The number of morpholine rings is 1. The normalized spacial score (nSPS) is 20.2. The maximum absolute atomic E-state index is 9.16. The average Bonchev–Trinajstić information content (AvgIpc) is 2.70. The quantitative estimate of drug-likeness (QED) is 0.857. The van der Waals surface area contributed by atoms with Gasteiger partial charge in [-0.05, 0) is 23.9 Å². The van der Waals surface area contributed by atoms with E-state index in [4.69, 9.17) is 21.6 Å². The van der Waals surface area contributed by atoms with Crippen LogP contribution in [0.2, 0.25) is 5.15 Å².